The highest BCUT2D eigenvalue weighted by Gasteiger charge is 2.66. The van der Waals surface area contributed by atoms with Crippen LogP contribution in [-0.4, -0.2) is 49.5 Å². The molecule has 6 fully saturated rings. The second-order valence-electron chi connectivity index (χ2n) is 13.3. The van der Waals surface area contributed by atoms with E-state index in [1.807, 2.05) is 0 Å². The Morgan fingerprint density at radius 3 is 2.05 bits per heavy atom. The summed E-state index contributed by atoms with van der Waals surface area (Å²) in [4.78, 5) is 12.3. The molecule has 2 spiro atoms. The zero-order valence-electron chi connectivity index (χ0n) is 23.3. The van der Waals surface area contributed by atoms with Gasteiger partial charge < -0.3 is 14.8 Å². The molecular weight excluding hydrogens is 506 g/mol. The minimum atomic E-state index is -3.67. The third kappa shape index (κ3) is 6.56. The quantitative estimate of drug-likeness (QED) is 0.283. The van der Waals surface area contributed by atoms with E-state index in [0.29, 0.717) is 30.6 Å². The van der Waals surface area contributed by atoms with Crippen LogP contribution in [0.4, 0.5) is 0 Å². The fourth-order valence-corrected chi connectivity index (χ4v) is 7.62. The summed E-state index contributed by atoms with van der Waals surface area (Å²) in [5.74, 6) is 3.42. The Kier molecular flexibility index (Phi) is 7.92. The summed E-state index contributed by atoms with van der Waals surface area (Å²) in [6.07, 6.45) is 11.2. The van der Waals surface area contributed by atoms with Gasteiger partial charge in [0.25, 0.3) is 10.1 Å². The van der Waals surface area contributed by atoms with Gasteiger partial charge in [-0.3, -0.25) is 4.55 Å². The van der Waals surface area contributed by atoms with Gasteiger partial charge in [0.15, 0.2) is 0 Å². The summed E-state index contributed by atoms with van der Waals surface area (Å²) in [6, 6.07) is 8.71. The Morgan fingerprint density at radius 2 is 1.53 bits per heavy atom. The van der Waals surface area contributed by atoms with Gasteiger partial charge in [0, 0.05) is 36.8 Å². The van der Waals surface area contributed by atoms with Gasteiger partial charge in [-0.1, -0.05) is 12.1 Å². The molecule has 0 atom stereocenters. The number of ether oxygens (including phenoxy) is 2. The second kappa shape index (κ2) is 10.6. The highest BCUT2D eigenvalue weighted by molar-refractivity contribution is 7.85. The van der Waals surface area contributed by atoms with E-state index in [-0.39, 0.29) is 5.54 Å². The summed E-state index contributed by atoms with van der Waals surface area (Å²) in [6.45, 7) is 8.05. The molecule has 0 aromatic heterocycles. The van der Waals surface area contributed by atoms with Crippen molar-refractivity contribution in [3.8, 4) is 5.75 Å². The molecule has 214 valence electrons. The normalized spacial score (nSPS) is 37.9. The first-order valence-electron chi connectivity index (χ1n) is 14.3. The monoisotopic (exact) mass is 551 g/mol. The maximum atomic E-state index is 9.19. The maximum absolute atomic E-state index is 9.19. The van der Waals surface area contributed by atoms with Gasteiger partial charge >= 0.3 is 0 Å². The van der Waals surface area contributed by atoms with Crippen LogP contribution in [0, 0.1) is 23.7 Å². The Bertz CT molecular complexity index is 1020. The number of benzene rings is 1. The Balaban J connectivity index is 0.000000540. The SMILES string of the molecule is CC(C)(C)NCCOc1ccc(C2CCC3(CC2)OOC2(O3)C3CC4CC(C3)CC2C4)cc1.CS(=O)(=O)O. The van der Waals surface area contributed by atoms with Gasteiger partial charge in [-0.25, -0.2) is 0 Å². The van der Waals surface area contributed by atoms with Crippen LogP contribution in [0.1, 0.15) is 90.0 Å². The van der Waals surface area contributed by atoms with Crippen LogP contribution in [-0.2, 0) is 24.6 Å². The van der Waals surface area contributed by atoms with Gasteiger partial charge in [0.1, 0.15) is 12.4 Å². The summed E-state index contributed by atoms with van der Waals surface area (Å²) in [5, 5.41) is 3.46. The molecule has 1 aromatic rings. The first-order chi connectivity index (χ1) is 17.8. The van der Waals surface area contributed by atoms with E-state index in [9.17, 15) is 8.42 Å². The smallest absolute Gasteiger partial charge is 0.261 e. The molecule has 2 N–H and O–H groups in total. The second-order valence-corrected chi connectivity index (χ2v) is 14.8. The van der Waals surface area contributed by atoms with E-state index in [2.05, 4.69) is 50.4 Å². The lowest BCUT2D eigenvalue weighted by Crippen LogP contribution is -2.59. The number of rotatable bonds is 5. The first-order valence-corrected chi connectivity index (χ1v) is 16.1. The van der Waals surface area contributed by atoms with E-state index in [4.69, 9.17) is 23.8 Å². The molecule has 1 aromatic carbocycles. The lowest BCUT2D eigenvalue weighted by molar-refractivity contribution is -0.390. The highest BCUT2D eigenvalue weighted by Crippen LogP contribution is 2.64. The van der Waals surface area contributed by atoms with Gasteiger partial charge in [-0.2, -0.15) is 18.2 Å². The Morgan fingerprint density at radius 1 is 0.974 bits per heavy atom. The molecule has 6 aliphatic rings. The molecule has 0 radical (unpaired) electrons. The number of hydrogen-bond donors (Lipinski definition) is 2. The number of nitrogens with one attached hydrogen (secondary N) is 1. The predicted octanol–water partition coefficient (Wildman–Crippen LogP) is 5.44. The molecule has 5 saturated carbocycles. The largest absolute Gasteiger partial charge is 0.492 e. The molecule has 4 bridgehead atoms. The first kappa shape index (κ1) is 28.3. The molecule has 8 nitrogen and oxygen atoms in total. The fourth-order valence-electron chi connectivity index (χ4n) is 7.62. The van der Waals surface area contributed by atoms with Gasteiger partial charge in [-0.05, 0) is 101 Å². The predicted molar refractivity (Wildman–Crippen MR) is 144 cm³/mol. The molecule has 9 heteroatoms. The van der Waals surface area contributed by atoms with Crippen LogP contribution in [0.3, 0.4) is 0 Å². The molecule has 1 aliphatic heterocycles. The lowest BCUT2D eigenvalue weighted by atomic mass is 9.53. The van der Waals surface area contributed by atoms with Crippen LogP contribution in [0.2, 0.25) is 0 Å². The van der Waals surface area contributed by atoms with Crippen molar-refractivity contribution >= 4 is 10.1 Å². The molecule has 5 aliphatic carbocycles. The van der Waals surface area contributed by atoms with Gasteiger partial charge in [0.05, 0.1) is 6.26 Å². The zero-order valence-corrected chi connectivity index (χ0v) is 24.1. The summed E-state index contributed by atoms with van der Waals surface area (Å²) >= 11 is 0. The van der Waals surface area contributed by atoms with Crippen LogP contribution >= 0.6 is 0 Å². The molecule has 0 unspecified atom stereocenters. The van der Waals surface area contributed by atoms with E-state index in [1.165, 1.54) is 37.7 Å². The van der Waals surface area contributed by atoms with Gasteiger partial charge in [-0.15, -0.1) is 0 Å². The topological polar surface area (TPSA) is 103 Å². The van der Waals surface area contributed by atoms with Crippen molar-refractivity contribution in [2.24, 2.45) is 23.7 Å². The summed E-state index contributed by atoms with van der Waals surface area (Å²) < 4.78 is 38.6. The van der Waals surface area contributed by atoms with Crippen molar-refractivity contribution in [1.29, 1.82) is 0 Å². The summed E-state index contributed by atoms with van der Waals surface area (Å²) in [5.41, 5.74) is 1.52. The molecule has 1 heterocycles. The molecule has 0 amide bonds. The van der Waals surface area contributed by atoms with Crippen molar-refractivity contribution in [2.75, 3.05) is 19.4 Å². The number of hydrogen-bond acceptors (Lipinski definition) is 7. The minimum Gasteiger partial charge on any atom is -0.492 e. The summed E-state index contributed by atoms with van der Waals surface area (Å²) in [7, 11) is -3.67. The molecule has 1 saturated heterocycles. The van der Waals surface area contributed by atoms with Gasteiger partial charge in [0.2, 0.25) is 11.6 Å². The Labute approximate surface area is 227 Å². The lowest BCUT2D eigenvalue weighted by Gasteiger charge is -2.57. The third-order valence-corrected chi connectivity index (χ3v) is 9.07. The molecular formula is C29H45NO7S. The van der Waals surface area contributed by atoms with Crippen LogP contribution in [0.15, 0.2) is 24.3 Å². The van der Waals surface area contributed by atoms with E-state index in [1.54, 1.807) is 0 Å². The van der Waals surface area contributed by atoms with E-state index < -0.39 is 21.7 Å². The maximum Gasteiger partial charge on any atom is 0.261 e. The third-order valence-electron chi connectivity index (χ3n) is 9.07. The van der Waals surface area contributed by atoms with Crippen LogP contribution in [0.5, 0.6) is 5.75 Å². The highest BCUT2D eigenvalue weighted by atomic mass is 32.2. The van der Waals surface area contributed by atoms with Crippen molar-refractivity contribution in [3.63, 3.8) is 0 Å². The average molecular weight is 552 g/mol. The standard InChI is InChI=1S/C28H41NO4.CH4O3S/c1-26(2,3)29-12-13-30-25-6-4-21(5-7-25)22-8-10-27(11-9-22)31-28(33-32-27)23-15-19-14-20(17-23)18-24(28)16-19;1-5(2,3)4/h4-7,19-20,22-24,29H,8-18H2,1-3H3;1H3,(H,2,3,4). The van der Waals surface area contributed by atoms with E-state index >= 15 is 0 Å². The Hall–Kier alpha value is -1.23. The van der Waals surface area contributed by atoms with E-state index in [0.717, 1.165) is 49.8 Å². The van der Waals surface area contributed by atoms with Crippen molar-refractivity contribution < 1.29 is 32.2 Å². The molecule has 7 rings (SSSR count). The van der Waals surface area contributed by atoms with Crippen molar-refractivity contribution in [1.82, 2.24) is 5.32 Å². The zero-order chi connectivity index (χ0) is 27.2. The minimum absolute atomic E-state index is 0.124. The molecule has 38 heavy (non-hydrogen) atoms. The fraction of sp³-hybridized carbons (Fsp3) is 0.793. The average Bonchev–Trinajstić information content (AvgIpc) is 3.19. The van der Waals surface area contributed by atoms with Crippen molar-refractivity contribution in [3.05, 3.63) is 29.8 Å². The van der Waals surface area contributed by atoms with Crippen LogP contribution in [0.25, 0.3) is 0 Å². The van der Waals surface area contributed by atoms with Crippen molar-refractivity contribution in [2.45, 2.75) is 102 Å². The van der Waals surface area contributed by atoms with Crippen LogP contribution < -0.4 is 10.1 Å².